The minimum absolute atomic E-state index is 0.111. The van der Waals surface area contributed by atoms with Gasteiger partial charge in [-0.3, -0.25) is 9.10 Å². The number of hydrazone groups is 1. The van der Waals surface area contributed by atoms with Gasteiger partial charge in [-0.2, -0.15) is 5.10 Å². The Morgan fingerprint density at radius 2 is 1.54 bits per heavy atom. The lowest BCUT2D eigenvalue weighted by Crippen LogP contribution is -2.39. The highest BCUT2D eigenvalue weighted by molar-refractivity contribution is 7.92. The number of amides is 1. The molecular weight excluding hydrogens is 458 g/mol. The van der Waals surface area contributed by atoms with Crippen molar-refractivity contribution in [2.24, 2.45) is 5.10 Å². The Hall–Kier alpha value is -3.97. The fraction of sp³-hybridized carbons (Fsp3) is 0.143. The van der Waals surface area contributed by atoms with Gasteiger partial charge in [-0.05, 0) is 46.5 Å². The second-order valence-corrected chi connectivity index (χ2v) is 10.3. The van der Waals surface area contributed by atoms with Crippen molar-refractivity contribution in [2.45, 2.75) is 24.7 Å². The van der Waals surface area contributed by atoms with E-state index < -0.39 is 22.5 Å². The third-order valence-corrected chi connectivity index (χ3v) is 7.47. The molecule has 0 aliphatic rings. The molecule has 0 spiro atoms. The van der Waals surface area contributed by atoms with Crippen LogP contribution in [0.5, 0.6) is 0 Å². The fourth-order valence-electron chi connectivity index (χ4n) is 3.76. The molecule has 35 heavy (non-hydrogen) atoms. The van der Waals surface area contributed by atoms with E-state index in [1.807, 2.05) is 54.6 Å². The van der Waals surface area contributed by atoms with Crippen LogP contribution in [0.3, 0.4) is 0 Å². The standard InChI is InChI=1S/C28H27N3O3S/c1-21(2)22-15-17-25(18-16-22)31(35(33,34)26-12-4-3-5-13-26)20-28(32)30-29-19-24-11-8-10-23-9-6-7-14-27(23)24/h3-19,21H,20H2,1-2H3,(H,30,32)/b29-19-. The SMILES string of the molecule is CC(C)c1ccc(N(CC(=O)N/N=C\c2cccc3ccccc23)S(=O)(=O)c2ccccc2)cc1. The van der Waals surface area contributed by atoms with Crippen molar-refractivity contribution in [2.75, 3.05) is 10.8 Å². The smallest absolute Gasteiger partial charge is 0.264 e. The van der Waals surface area contributed by atoms with Crippen LogP contribution in [0, 0.1) is 0 Å². The van der Waals surface area contributed by atoms with Crippen LogP contribution in [-0.4, -0.2) is 27.1 Å². The highest BCUT2D eigenvalue weighted by atomic mass is 32.2. The summed E-state index contributed by atoms with van der Waals surface area (Å²) in [6.07, 6.45) is 1.56. The van der Waals surface area contributed by atoms with Crippen molar-refractivity contribution >= 4 is 38.6 Å². The molecule has 0 atom stereocenters. The zero-order valence-electron chi connectivity index (χ0n) is 19.6. The molecule has 4 aromatic carbocycles. The van der Waals surface area contributed by atoms with Crippen molar-refractivity contribution < 1.29 is 13.2 Å². The van der Waals surface area contributed by atoms with Gasteiger partial charge in [-0.15, -0.1) is 0 Å². The number of nitrogens with one attached hydrogen (secondary N) is 1. The molecule has 0 unspecified atom stereocenters. The second kappa shape index (κ2) is 10.5. The lowest BCUT2D eigenvalue weighted by atomic mass is 10.0. The minimum Gasteiger partial charge on any atom is -0.271 e. The molecule has 178 valence electrons. The van der Waals surface area contributed by atoms with E-state index in [9.17, 15) is 13.2 Å². The number of hydrogen-bond donors (Lipinski definition) is 1. The van der Waals surface area contributed by atoms with Gasteiger partial charge >= 0.3 is 0 Å². The van der Waals surface area contributed by atoms with Crippen LogP contribution in [-0.2, 0) is 14.8 Å². The predicted molar refractivity (Wildman–Crippen MR) is 141 cm³/mol. The largest absolute Gasteiger partial charge is 0.271 e. The number of rotatable bonds is 8. The molecule has 4 aromatic rings. The minimum atomic E-state index is -3.97. The maximum Gasteiger partial charge on any atom is 0.264 e. The van der Waals surface area contributed by atoms with E-state index in [0.717, 1.165) is 26.2 Å². The Balaban J connectivity index is 1.58. The summed E-state index contributed by atoms with van der Waals surface area (Å²) >= 11 is 0. The van der Waals surface area contributed by atoms with Gasteiger partial charge in [-0.1, -0.05) is 86.6 Å². The third kappa shape index (κ3) is 5.58. The predicted octanol–water partition coefficient (Wildman–Crippen LogP) is 5.31. The summed E-state index contributed by atoms with van der Waals surface area (Å²) in [5.41, 5.74) is 4.81. The summed E-state index contributed by atoms with van der Waals surface area (Å²) < 4.78 is 28.0. The summed E-state index contributed by atoms with van der Waals surface area (Å²) in [6, 6.07) is 29.0. The molecule has 0 bridgehead atoms. The van der Waals surface area contributed by atoms with E-state index in [2.05, 4.69) is 24.4 Å². The van der Waals surface area contributed by atoms with Crippen LogP contribution >= 0.6 is 0 Å². The van der Waals surface area contributed by atoms with Gasteiger partial charge in [0.05, 0.1) is 16.8 Å². The zero-order chi connectivity index (χ0) is 24.8. The molecule has 0 radical (unpaired) electrons. The molecule has 0 heterocycles. The van der Waals surface area contributed by atoms with Crippen molar-refractivity contribution in [3.05, 3.63) is 108 Å². The van der Waals surface area contributed by atoms with Gasteiger partial charge in [0.1, 0.15) is 6.54 Å². The van der Waals surface area contributed by atoms with Crippen LogP contribution in [0.1, 0.15) is 30.9 Å². The van der Waals surface area contributed by atoms with Crippen LogP contribution in [0.4, 0.5) is 5.69 Å². The molecule has 0 aromatic heterocycles. The van der Waals surface area contributed by atoms with Crippen LogP contribution in [0.25, 0.3) is 10.8 Å². The molecule has 0 saturated heterocycles. The molecule has 0 fully saturated rings. The van der Waals surface area contributed by atoms with Crippen LogP contribution < -0.4 is 9.73 Å². The van der Waals surface area contributed by atoms with E-state index in [4.69, 9.17) is 0 Å². The second-order valence-electron chi connectivity index (χ2n) is 8.43. The Labute approximate surface area is 206 Å². The maximum absolute atomic E-state index is 13.4. The first-order chi connectivity index (χ1) is 16.9. The summed E-state index contributed by atoms with van der Waals surface area (Å²) in [5.74, 6) is -0.246. The van der Waals surface area contributed by atoms with Crippen molar-refractivity contribution in [1.82, 2.24) is 5.43 Å². The summed E-state index contributed by atoms with van der Waals surface area (Å²) in [6.45, 7) is 3.72. The van der Waals surface area contributed by atoms with E-state index in [-0.39, 0.29) is 4.90 Å². The average Bonchev–Trinajstić information content (AvgIpc) is 2.88. The van der Waals surface area contributed by atoms with Gasteiger partial charge in [0.2, 0.25) is 0 Å². The van der Waals surface area contributed by atoms with Crippen molar-refractivity contribution in [1.29, 1.82) is 0 Å². The molecule has 6 nitrogen and oxygen atoms in total. The normalized spacial score (nSPS) is 11.7. The third-order valence-electron chi connectivity index (χ3n) is 5.68. The molecule has 0 saturated carbocycles. The molecule has 4 rings (SSSR count). The van der Waals surface area contributed by atoms with Gasteiger partial charge in [0.25, 0.3) is 15.9 Å². The van der Waals surface area contributed by atoms with E-state index >= 15 is 0 Å². The number of fused-ring (bicyclic) bond motifs is 1. The van der Waals surface area contributed by atoms with E-state index in [1.165, 1.54) is 12.1 Å². The Kier molecular flexibility index (Phi) is 7.27. The number of carbonyl (C=O) groups is 1. The first-order valence-electron chi connectivity index (χ1n) is 11.3. The monoisotopic (exact) mass is 485 g/mol. The molecule has 1 amide bonds. The van der Waals surface area contributed by atoms with E-state index in [1.54, 1.807) is 36.5 Å². The number of nitrogens with zero attached hydrogens (tertiary/aromatic N) is 2. The Morgan fingerprint density at radius 3 is 2.26 bits per heavy atom. The Bertz CT molecular complexity index is 1440. The lowest BCUT2D eigenvalue weighted by Gasteiger charge is -2.24. The molecule has 7 heteroatoms. The summed E-state index contributed by atoms with van der Waals surface area (Å²) in [7, 11) is -3.97. The quantitative estimate of drug-likeness (QED) is 0.271. The number of sulfonamides is 1. The van der Waals surface area contributed by atoms with Crippen molar-refractivity contribution in [3.8, 4) is 0 Å². The lowest BCUT2D eigenvalue weighted by molar-refractivity contribution is -0.119. The topological polar surface area (TPSA) is 78.8 Å². The summed E-state index contributed by atoms with van der Waals surface area (Å²) in [5, 5.41) is 6.15. The molecular formula is C28H27N3O3S. The van der Waals surface area contributed by atoms with Gasteiger partial charge < -0.3 is 0 Å². The number of hydrogen-bond acceptors (Lipinski definition) is 4. The van der Waals surface area contributed by atoms with Gasteiger partial charge in [-0.25, -0.2) is 13.8 Å². The Morgan fingerprint density at radius 1 is 0.886 bits per heavy atom. The van der Waals surface area contributed by atoms with Gasteiger partial charge in [0.15, 0.2) is 0 Å². The number of anilines is 1. The molecule has 1 N–H and O–H groups in total. The molecule has 0 aliphatic heterocycles. The average molecular weight is 486 g/mol. The van der Waals surface area contributed by atoms with E-state index in [0.29, 0.717) is 11.6 Å². The molecule has 0 aliphatic carbocycles. The first kappa shape index (κ1) is 24.2. The van der Waals surface area contributed by atoms with Crippen molar-refractivity contribution in [3.63, 3.8) is 0 Å². The first-order valence-corrected chi connectivity index (χ1v) is 12.8. The highest BCUT2D eigenvalue weighted by Gasteiger charge is 2.27. The maximum atomic E-state index is 13.4. The highest BCUT2D eigenvalue weighted by Crippen LogP contribution is 2.25. The number of carbonyl (C=O) groups excluding carboxylic acids is 1. The van der Waals surface area contributed by atoms with Crippen LogP contribution in [0.2, 0.25) is 0 Å². The van der Waals surface area contributed by atoms with Gasteiger partial charge in [0, 0.05) is 5.56 Å². The number of benzene rings is 4. The zero-order valence-corrected chi connectivity index (χ0v) is 20.4. The fourth-order valence-corrected chi connectivity index (χ4v) is 5.20. The van der Waals surface area contributed by atoms with Crippen LogP contribution in [0.15, 0.2) is 107 Å². The summed E-state index contributed by atoms with van der Waals surface area (Å²) in [4.78, 5) is 12.9.